The first-order valence-corrected chi connectivity index (χ1v) is 11.6. The number of anilines is 2. The van der Waals surface area contributed by atoms with E-state index in [0.29, 0.717) is 16.7 Å². The van der Waals surface area contributed by atoms with Crippen molar-refractivity contribution in [3.8, 4) is 5.75 Å². The Morgan fingerprint density at radius 3 is 2.77 bits per heavy atom. The fourth-order valence-electron chi connectivity index (χ4n) is 3.32. The molecule has 0 radical (unpaired) electrons. The van der Waals surface area contributed by atoms with Crippen LogP contribution in [0.3, 0.4) is 0 Å². The van der Waals surface area contributed by atoms with Gasteiger partial charge in [0.2, 0.25) is 5.13 Å². The number of para-hydroxylation sites is 1. The second kappa shape index (κ2) is 8.70. The number of hydrogen-bond acceptors (Lipinski definition) is 7. The number of benzene rings is 3. The van der Waals surface area contributed by atoms with Gasteiger partial charge in [-0.3, -0.25) is 0 Å². The standard InChI is InChI=1S/C23H17ClN4OS2/c1-29-17-6-4-5-15(11-17)13-25-23-27-26-22(31-23)14-28-18-7-2-3-8-20(18)30-21-10-9-16(24)12-19(21)28/h2-13H,14H2,1H3/b25-13+. The van der Waals surface area contributed by atoms with Crippen LogP contribution in [-0.2, 0) is 6.54 Å². The summed E-state index contributed by atoms with van der Waals surface area (Å²) in [7, 11) is 1.65. The van der Waals surface area contributed by atoms with Crippen molar-refractivity contribution < 1.29 is 4.74 Å². The molecule has 31 heavy (non-hydrogen) atoms. The van der Waals surface area contributed by atoms with E-state index in [4.69, 9.17) is 16.3 Å². The van der Waals surface area contributed by atoms with Crippen molar-refractivity contribution in [3.63, 3.8) is 0 Å². The minimum Gasteiger partial charge on any atom is -0.497 e. The van der Waals surface area contributed by atoms with E-state index in [-0.39, 0.29) is 0 Å². The van der Waals surface area contributed by atoms with Crippen molar-refractivity contribution in [1.82, 2.24) is 10.2 Å². The maximum absolute atomic E-state index is 6.31. The molecule has 3 aromatic carbocycles. The Bertz CT molecular complexity index is 1270. The zero-order valence-corrected chi connectivity index (χ0v) is 18.9. The Hall–Kier alpha value is -2.87. The highest BCUT2D eigenvalue weighted by Crippen LogP contribution is 2.49. The minimum atomic E-state index is 0.595. The summed E-state index contributed by atoms with van der Waals surface area (Å²) in [5.41, 5.74) is 3.16. The van der Waals surface area contributed by atoms with Crippen molar-refractivity contribution in [1.29, 1.82) is 0 Å². The smallest absolute Gasteiger partial charge is 0.231 e. The van der Waals surface area contributed by atoms with Crippen LogP contribution in [0.25, 0.3) is 0 Å². The summed E-state index contributed by atoms with van der Waals surface area (Å²) in [6, 6.07) is 22.1. The van der Waals surface area contributed by atoms with Crippen LogP contribution in [0.5, 0.6) is 5.75 Å². The second-order valence-electron chi connectivity index (χ2n) is 6.78. The Labute approximate surface area is 193 Å². The zero-order chi connectivity index (χ0) is 21.2. The molecule has 0 unspecified atom stereocenters. The van der Waals surface area contributed by atoms with Crippen LogP contribution in [0, 0.1) is 0 Å². The van der Waals surface area contributed by atoms with Crippen LogP contribution in [0.2, 0.25) is 5.02 Å². The Kier molecular flexibility index (Phi) is 5.63. The Balaban J connectivity index is 1.41. The van der Waals surface area contributed by atoms with Crippen molar-refractivity contribution in [3.05, 3.63) is 82.3 Å². The topological polar surface area (TPSA) is 50.6 Å². The zero-order valence-electron chi connectivity index (χ0n) is 16.5. The largest absolute Gasteiger partial charge is 0.497 e. The van der Waals surface area contributed by atoms with Crippen molar-refractivity contribution in [2.75, 3.05) is 12.0 Å². The third-order valence-corrected chi connectivity index (χ3v) is 6.94. The summed E-state index contributed by atoms with van der Waals surface area (Å²) in [4.78, 5) is 9.11. The molecule has 0 amide bonds. The van der Waals surface area contributed by atoms with Crippen molar-refractivity contribution in [2.45, 2.75) is 16.3 Å². The highest BCUT2D eigenvalue weighted by Gasteiger charge is 2.24. The van der Waals surface area contributed by atoms with Gasteiger partial charge in [-0.25, -0.2) is 4.99 Å². The molecule has 0 bridgehead atoms. The first kappa shape index (κ1) is 20.1. The Morgan fingerprint density at radius 1 is 1.00 bits per heavy atom. The van der Waals surface area contributed by atoms with Crippen LogP contribution >= 0.6 is 34.7 Å². The Morgan fingerprint density at radius 2 is 1.87 bits per heavy atom. The molecular weight excluding hydrogens is 448 g/mol. The summed E-state index contributed by atoms with van der Waals surface area (Å²) >= 11 is 9.54. The van der Waals surface area contributed by atoms with Gasteiger partial charge >= 0.3 is 0 Å². The molecule has 0 atom stereocenters. The predicted molar refractivity (Wildman–Crippen MR) is 128 cm³/mol. The molecule has 0 fully saturated rings. The molecule has 1 aliphatic heterocycles. The number of methoxy groups -OCH3 is 1. The molecule has 8 heteroatoms. The van der Waals surface area contributed by atoms with E-state index >= 15 is 0 Å². The normalized spacial score (nSPS) is 12.6. The quantitative estimate of drug-likeness (QED) is 0.305. The average Bonchev–Trinajstić information content (AvgIpc) is 3.25. The number of nitrogens with zero attached hydrogens (tertiary/aromatic N) is 4. The van der Waals surface area contributed by atoms with E-state index in [9.17, 15) is 0 Å². The van der Waals surface area contributed by atoms with E-state index in [1.807, 2.05) is 42.5 Å². The number of ether oxygens (including phenoxy) is 1. The van der Waals surface area contributed by atoms with Crippen LogP contribution in [0.4, 0.5) is 16.5 Å². The molecule has 0 aliphatic carbocycles. The third-order valence-electron chi connectivity index (χ3n) is 4.76. The van der Waals surface area contributed by atoms with Gasteiger partial charge in [-0.05, 0) is 48.0 Å². The highest BCUT2D eigenvalue weighted by molar-refractivity contribution is 7.99. The van der Waals surface area contributed by atoms with E-state index in [0.717, 1.165) is 27.7 Å². The molecule has 4 aromatic rings. The summed E-state index contributed by atoms with van der Waals surface area (Å²) in [6.45, 7) is 0.595. The lowest BCUT2D eigenvalue weighted by Gasteiger charge is -2.32. The van der Waals surface area contributed by atoms with Gasteiger partial charge in [-0.2, -0.15) is 0 Å². The molecule has 1 aromatic heterocycles. The van der Waals surface area contributed by atoms with Crippen LogP contribution in [-0.4, -0.2) is 23.5 Å². The first-order chi connectivity index (χ1) is 15.2. The summed E-state index contributed by atoms with van der Waals surface area (Å²) in [5, 5.41) is 10.8. The van der Waals surface area contributed by atoms with Gasteiger partial charge < -0.3 is 9.64 Å². The number of rotatable bonds is 5. The highest BCUT2D eigenvalue weighted by atomic mass is 35.5. The van der Waals surface area contributed by atoms with Gasteiger partial charge in [0.1, 0.15) is 10.8 Å². The lowest BCUT2D eigenvalue weighted by Crippen LogP contribution is -2.20. The fourth-order valence-corrected chi connectivity index (χ4v) is 5.24. The molecule has 0 saturated carbocycles. The molecular formula is C23H17ClN4OS2. The SMILES string of the molecule is COc1cccc(/C=N/c2nnc(CN3c4ccccc4Sc4ccc(Cl)cc43)s2)c1. The number of hydrogen-bond donors (Lipinski definition) is 0. The molecule has 5 nitrogen and oxygen atoms in total. The number of fused-ring (bicyclic) bond motifs is 2. The van der Waals surface area contributed by atoms with Gasteiger partial charge in [0.15, 0.2) is 0 Å². The summed E-state index contributed by atoms with van der Waals surface area (Å²) in [5.74, 6) is 0.792. The minimum absolute atomic E-state index is 0.595. The van der Waals surface area contributed by atoms with Crippen LogP contribution in [0.1, 0.15) is 10.6 Å². The average molecular weight is 465 g/mol. The summed E-state index contributed by atoms with van der Waals surface area (Å²) < 4.78 is 5.26. The molecule has 5 rings (SSSR count). The first-order valence-electron chi connectivity index (χ1n) is 9.54. The molecule has 2 heterocycles. The third kappa shape index (κ3) is 4.30. The number of aliphatic imine (C=N–C) groups is 1. The lowest BCUT2D eigenvalue weighted by molar-refractivity contribution is 0.415. The van der Waals surface area contributed by atoms with E-state index in [1.165, 1.54) is 21.1 Å². The molecule has 0 spiro atoms. The fraction of sp³-hybridized carbons (Fsp3) is 0.0870. The molecule has 154 valence electrons. The van der Waals surface area contributed by atoms with Gasteiger partial charge in [-0.1, -0.05) is 59.0 Å². The number of halogens is 1. The van der Waals surface area contributed by atoms with Crippen LogP contribution < -0.4 is 9.64 Å². The van der Waals surface area contributed by atoms with Crippen molar-refractivity contribution >= 4 is 57.4 Å². The van der Waals surface area contributed by atoms with E-state index in [2.05, 4.69) is 44.4 Å². The lowest BCUT2D eigenvalue weighted by atomic mass is 10.2. The maximum atomic E-state index is 6.31. The number of aromatic nitrogens is 2. The van der Waals surface area contributed by atoms with Gasteiger partial charge in [-0.15, -0.1) is 10.2 Å². The van der Waals surface area contributed by atoms with E-state index in [1.54, 1.807) is 25.1 Å². The van der Waals surface area contributed by atoms with E-state index < -0.39 is 0 Å². The molecule has 0 N–H and O–H groups in total. The van der Waals surface area contributed by atoms with Gasteiger partial charge in [0.05, 0.1) is 25.0 Å². The van der Waals surface area contributed by atoms with Crippen molar-refractivity contribution in [2.24, 2.45) is 4.99 Å². The molecule has 0 saturated heterocycles. The molecule has 1 aliphatic rings. The van der Waals surface area contributed by atoms with Crippen LogP contribution in [0.15, 0.2) is 81.5 Å². The van der Waals surface area contributed by atoms with Gasteiger partial charge in [0.25, 0.3) is 0 Å². The summed E-state index contributed by atoms with van der Waals surface area (Å²) in [6.07, 6.45) is 1.77. The predicted octanol–water partition coefficient (Wildman–Crippen LogP) is 6.75. The maximum Gasteiger partial charge on any atom is 0.231 e. The monoisotopic (exact) mass is 464 g/mol. The second-order valence-corrected chi connectivity index (χ2v) is 9.34. The van der Waals surface area contributed by atoms with Gasteiger partial charge in [0, 0.05) is 21.0 Å².